The Morgan fingerprint density at radius 2 is 1.65 bits per heavy atom. The lowest BCUT2D eigenvalue weighted by Gasteiger charge is -2.25. The van der Waals surface area contributed by atoms with E-state index in [0.29, 0.717) is 25.3 Å². The molecule has 0 heterocycles. The fourth-order valence-corrected chi connectivity index (χ4v) is 3.84. The highest BCUT2D eigenvalue weighted by atomic mass is 16.4. The molecule has 2 unspecified atom stereocenters. The van der Waals surface area contributed by atoms with Gasteiger partial charge in [-0.1, -0.05) is 34.1 Å². The lowest BCUT2D eigenvalue weighted by molar-refractivity contribution is -0.144. The number of carboxylic acids is 1. The second-order valence-corrected chi connectivity index (χ2v) is 7.64. The normalized spacial score (nSPS) is 31.6. The SMILES string of the molecule is CC1(C)C(CNC(=O)C2CCCC(C(=O)O)C2)C1(C)C. The Morgan fingerprint density at radius 3 is 2.15 bits per heavy atom. The maximum Gasteiger partial charge on any atom is 0.306 e. The molecule has 4 heteroatoms. The lowest BCUT2D eigenvalue weighted by Crippen LogP contribution is -2.36. The smallest absolute Gasteiger partial charge is 0.306 e. The number of hydrogen-bond acceptors (Lipinski definition) is 2. The highest BCUT2D eigenvalue weighted by Gasteiger charge is 2.64. The van der Waals surface area contributed by atoms with Crippen molar-refractivity contribution in [3.05, 3.63) is 0 Å². The van der Waals surface area contributed by atoms with E-state index in [1.807, 2.05) is 0 Å². The van der Waals surface area contributed by atoms with Crippen molar-refractivity contribution in [1.82, 2.24) is 5.32 Å². The molecule has 2 aliphatic carbocycles. The summed E-state index contributed by atoms with van der Waals surface area (Å²) in [6.45, 7) is 9.68. The van der Waals surface area contributed by atoms with Crippen LogP contribution in [0.3, 0.4) is 0 Å². The van der Waals surface area contributed by atoms with Gasteiger partial charge in [-0.25, -0.2) is 0 Å². The number of amides is 1. The summed E-state index contributed by atoms with van der Waals surface area (Å²) < 4.78 is 0. The third kappa shape index (κ3) is 2.57. The van der Waals surface area contributed by atoms with Crippen molar-refractivity contribution in [3.8, 4) is 0 Å². The molecule has 20 heavy (non-hydrogen) atoms. The average Bonchev–Trinajstić information content (AvgIpc) is 2.77. The Bertz CT molecular complexity index is 400. The van der Waals surface area contributed by atoms with Gasteiger partial charge in [0.1, 0.15) is 0 Å². The van der Waals surface area contributed by atoms with E-state index in [2.05, 4.69) is 33.0 Å². The Hall–Kier alpha value is -1.06. The largest absolute Gasteiger partial charge is 0.481 e. The molecular weight excluding hydrogens is 254 g/mol. The van der Waals surface area contributed by atoms with Gasteiger partial charge in [0.05, 0.1) is 5.92 Å². The van der Waals surface area contributed by atoms with Gasteiger partial charge in [-0.3, -0.25) is 9.59 Å². The van der Waals surface area contributed by atoms with Crippen LogP contribution in [-0.4, -0.2) is 23.5 Å². The van der Waals surface area contributed by atoms with Gasteiger partial charge in [0.15, 0.2) is 0 Å². The van der Waals surface area contributed by atoms with Crippen LogP contribution in [0.15, 0.2) is 0 Å². The first-order valence-corrected chi connectivity index (χ1v) is 7.68. The van der Waals surface area contributed by atoms with Gasteiger partial charge in [-0.15, -0.1) is 0 Å². The maximum absolute atomic E-state index is 12.2. The van der Waals surface area contributed by atoms with Crippen molar-refractivity contribution in [3.63, 3.8) is 0 Å². The van der Waals surface area contributed by atoms with E-state index in [-0.39, 0.29) is 28.6 Å². The summed E-state index contributed by atoms with van der Waals surface area (Å²) in [5, 5.41) is 12.1. The van der Waals surface area contributed by atoms with Crippen LogP contribution >= 0.6 is 0 Å². The molecule has 0 aromatic heterocycles. The van der Waals surface area contributed by atoms with Gasteiger partial charge >= 0.3 is 5.97 Å². The molecule has 0 bridgehead atoms. The van der Waals surface area contributed by atoms with Crippen molar-refractivity contribution in [2.24, 2.45) is 28.6 Å². The Labute approximate surface area is 121 Å². The van der Waals surface area contributed by atoms with Crippen molar-refractivity contribution in [2.45, 2.75) is 53.4 Å². The average molecular weight is 281 g/mol. The molecule has 2 aliphatic rings. The maximum atomic E-state index is 12.2. The minimum atomic E-state index is -0.757. The van der Waals surface area contributed by atoms with Gasteiger partial charge in [0, 0.05) is 12.5 Å². The highest BCUT2D eigenvalue weighted by molar-refractivity contribution is 5.80. The Balaban J connectivity index is 1.83. The quantitative estimate of drug-likeness (QED) is 0.832. The first-order chi connectivity index (χ1) is 9.18. The van der Waals surface area contributed by atoms with Crippen molar-refractivity contribution in [1.29, 1.82) is 0 Å². The Kier molecular flexibility index (Phi) is 3.87. The molecular formula is C16H27NO3. The molecule has 0 aromatic rings. The molecule has 114 valence electrons. The van der Waals surface area contributed by atoms with E-state index in [0.717, 1.165) is 12.8 Å². The fraction of sp³-hybridized carbons (Fsp3) is 0.875. The molecule has 4 nitrogen and oxygen atoms in total. The van der Waals surface area contributed by atoms with Crippen LogP contribution < -0.4 is 5.32 Å². The topological polar surface area (TPSA) is 66.4 Å². The first-order valence-electron chi connectivity index (χ1n) is 7.68. The van der Waals surface area contributed by atoms with Crippen LogP contribution in [0.1, 0.15) is 53.4 Å². The van der Waals surface area contributed by atoms with Crippen LogP contribution in [-0.2, 0) is 9.59 Å². The second kappa shape index (κ2) is 5.05. The molecule has 1 amide bonds. The number of nitrogens with one attached hydrogen (secondary N) is 1. The van der Waals surface area contributed by atoms with Crippen LogP contribution in [0.4, 0.5) is 0 Å². The minimum Gasteiger partial charge on any atom is -0.481 e. The lowest BCUT2D eigenvalue weighted by atomic mass is 9.81. The highest BCUT2D eigenvalue weighted by Crippen LogP contribution is 2.67. The summed E-state index contributed by atoms with van der Waals surface area (Å²) in [5.41, 5.74) is 0.549. The molecule has 0 aliphatic heterocycles. The molecule has 2 atom stereocenters. The van der Waals surface area contributed by atoms with Gasteiger partial charge in [-0.05, 0) is 36.0 Å². The summed E-state index contributed by atoms with van der Waals surface area (Å²) in [6.07, 6.45) is 2.88. The van der Waals surface area contributed by atoms with Gasteiger partial charge < -0.3 is 10.4 Å². The standard InChI is InChI=1S/C16H27NO3/c1-15(2)12(16(15,3)4)9-17-13(18)10-6-5-7-11(8-10)14(19)20/h10-12H,5-9H2,1-4H3,(H,17,18)(H,19,20). The number of aliphatic carboxylic acids is 1. The molecule has 0 spiro atoms. The van der Waals surface area contributed by atoms with Crippen molar-refractivity contribution in [2.75, 3.05) is 6.54 Å². The van der Waals surface area contributed by atoms with Crippen LogP contribution in [0.25, 0.3) is 0 Å². The number of carbonyl (C=O) groups is 2. The summed E-state index contributed by atoms with van der Waals surface area (Å²) in [7, 11) is 0. The third-order valence-electron chi connectivity index (χ3n) is 6.19. The first kappa shape index (κ1) is 15.3. The van der Waals surface area contributed by atoms with Crippen LogP contribution in [0.2, 0.25) is 0 Å². The van der Waals surface area contributed by atoms with Crippen LogP contribution in [0.5, 0.6) is 0 Å². The summed E-state index contributed by atoms with van der Waals surface area (Å²) in [4.78, 5) is 23.3. The third-order valence-corrected chi connectivity index (χ3v) is 6.19. The Morgan fingerprint density at radius 1 is 1.10 bits per heavy atom. The summed E-state index contributed by atoms with van der Waals surface area (Å²) in [5.74, 6) is -0.651. The number of carboxylic acid groups (broad SMARTS) is 1. The predicted molar refractivity (Wildman–Crippen MR) is 77.1 cm³/mol. The van der Waals surface area contributed by atoms with Crippen molar-refractivity contribution < 1.29 is 14.7 Å². The molecule has 2 fully saturated rings. The molecule has 2 N–H and O–H groups in total. The van der Waals surface area contributed by atoms with E-state index in [1.165, 1.54) is 0 Å². The number of hydrogen-bond donors (Lipinski definition) is 2. The van der Waals surface area contributed by atoms with E-state index in [1.54, 1.807) is 0 Å². The number of rotatable bonds is 4. The molecule has 2 rings (SSSR count). The zero-order valence-electron chi connectivity index (χ0n) is 13.0. The van der Waals surface area contributed by atoms with Gasteiger partial charge in [0.2, 0.25) is 5.91 Å². The zero-order valence-corrected chi connectivity index (χ0v) is 13.0. The number of carbonyl (C=O) groups excluding carboxylic acids is 1. The van der Waals surface area contributed by atoms with Crippen molar-refractivity contribution >= 4 is 11.9 Å². The molecule has 0 aromatic carbocycles. The molecule has 0 saturated heterocycles. The molecule has 0 radical (unpaired) electrons. The minimum absolute atomic E-state index is 0.0504. The van der Waals surface area contributed by atoms with E-state index >= 15 is 0 Å². The van der Waals surface area contributed by atoms with E-state index in [4.69, 9.17) is 5.11 Å². The molecule has 2 saturated carbocycles. The summed E-state index contributed by atoms with van der Waals surface area (Å²) >= 11 is 0. The van der Waals surface area contributed by atoms with Gasteiger partial charge in [0.25, 0.3) is 0 Å². The second-order valence-electron chi connectivity index (χ2n) is 7.64. The van der Waals surface area contributed by atoms with E-state index < -0.39 is 5.97 Å². The van der Waals surface area contributed by atoms with Gasteiger partial charge in [-0.2, -0.15) is 0 Å². The monoisotopic (exact) mass is 281 g/mol. The zero-order chi connectivity index (χ0) is 15.1. The van der Waals surface area contributed by atoms with E-state index in [9.17, 15) is 9.59 Å². The predicted octanol–water partition coefficient (Wildman–Crippen LogP) is 2.68. The summed E-state index contributed by atoms with van der Waals surface area (Å²) in [6, 6.07) is 0. The van der Waals surface area contributed by atoms with Crippen LogP contribution in [0, 0.1) is 28.6 Å². The fourth-order valence-electron chi connectivity index (χ4n) is 3.84.